The quantitative estimate of drug-likeness (QED) is 0.759. The third-order valence-electron chi connectivity index (χ3n) is 3.99. The summed E-state index contributed by atoms with van der Waals surface area (Å²) >= 11 is 0. The molecule has 0 fully saturated rings. The lowest BCUT2D eigenvalue weighted by atomic mass is 10.2. The molecule has 120 valence electrons. The summed E-state index contributed by atoms with van der Waals surface area (Å²) in [6.45, 7) is 4.80. The first-order valence-electron chi connectivity index (χ1n) is 7.99. The molecular formula is C19H22N2O2. The van der Waals surface area contributed by atoms with Crippen LogP contribution in [0, 0.1) is 6.92 Å². The summed E-state index contributed by atoms with van der Waals surface area (Å²) in [6.07, 6.45) is 0.386. The van der Waals surface area contributed by atoms with Crippen LogP contribution in [-0.4, -0.2) is 27.4 Å². The van der Waals surface area contributed by atoms with E-state index in [1.54, 1.807) is 0 Å². The van der Waals surface area contributed by atoms with E-state index in [0.29, 0.717) is 6.54 Å². The average molecular weight is 310 g/mol. The van der Waals surface area contributed by atoms with Gasteiger partial charge in [-0.05, 0) is 43.2 Å². The van der Waals surface area contributed by atoms with Crippen LogP contribution in [0.4, 0.5) is 0 Å². The maximum Gasteiger partial charge on any atom is 0.119 e. The summed E-state index contributed by atoms with van der Waals surface area (Å²) in [4.78, 5) is 4.52. The van der Waals surface area contributed by atoms with Crippen LogP contribution in [0.25, 0.3) is 11.0 Å². The number of aryl methyl sites for hydroxylation is 2. The van der Waals surface area contributed by atoms with Crippen molar-refractivity contribution in [2.24, 2.45) is 0 Å². The van der Waals surface area contributed by atoms with Gasteiger partial charge in [0.05, 0.1) is 17.6 Å². The molecule has 0 spiro atoms. The number of para-hydroxylation sites is 2. The van der Waals surface area contributed by atoms with E-state index in [2.05, 4.69) is 18.0 Å². The number of nitrogens with zero attached hydrogens (tertiary/aromatic N) is 2. The van der Waals surface area contributed by atoms with Gasteiger partial charge in [0.15, 0.2) is 0 Å². The van der Waals surface area contributed by atoms with Crippen LogP contribution in [0.3, 0.4) is 0 Å². The Bertz CT molecular complexity index is 795. The van der Waals surface area contributed by atoms with E-state index in [1.165, 1.54) is 5.56 Å². The number of fused-ring (bicyclic) bond motifs is 1. The van der Waals surface area contributed by atoms with Crippen molar-refractivity contribution in [3.05, 3.63) is 59.9 Å². The number of hydrogen-bond acceptors (Lipinski definition) is 3. The van der Waals surface area contributed by atoms with Crippen LogP contribution in [0.2, 0.25) is 0 Å². The maximum atomic E-state index is 10.3. The van der Waals surface area contributed by atoms with Crippen molar-refractivity contribution >= 4 is 11.0 Å². The topological polar surface area (TPSA) is 47.3 Å². The number of imidazole rings is 1. The number of aromatic nitrogens is 2. The monoisotopic (exact) mass is 310 g/mol. The van der Waals surface area contributed by atoms with Crippen molar-refractivity contribution in [3.8, 4) is 5.75 Å². The molecule has 0 saturated heterocycles. The van der Waals surface area contributed by atoms with Crippen LogP contribution < -0.4 is 4.74 Å². The van der Waals surface area contributed by atoms with E-state index in [4.69, 9.17) is 4.74 Å². The molecule has 4 nitrogen and oxygen atoms in total. The molecule has 3 rings (SSSR count). The number of rotatable bonds is 6. The molecule has 0 aliphatic carbocycles. The van der Waals surface area contributed by atoms with Gasteiger partial charge in [-0.15, -0.1) is 0 Å². The van der Waals surface area contributed by atoms with E-state index in [9.17, 15) is 5.11 Å². The smallest absolute Gasteiger partial charge is 0.119 e. The number of ether oxygens (including phenoxy) is 1. The standard InChI is InChI=1S/C19H22N2O2/c1-3-15-7-6-8-17(11-15)23-13-16(22)12-21-14(2)20-18-9-4-5-10-19(18)21/h4-11,16,22H,3,12-13H2,1-2H3. The Hall–Kier alpha value is -2.33. The van der Waals surface area contributed by atoms with Crippen molar-refractivity contribution in [3.63, 3.8) is 0 Å². The van der Waals surface area contributed by atoms with Crippen LogP contribution in [-0.2, 0) is 13.0 Å². The highest BCUT2D eigenvalue weighted by molar-refractivity contribution is 5.75. The fraction of sp³-hybridized carbons (Fsp3) is 0.316. The Morgan fingerprint density at radius 3 is 2.83 bits per heavy atom. The second kappa shape index (κ2) is 6.84. The third-order valence-corrected chi connectivity index (χ3v) is 3.99. The highest BCUT2D eigenvalue weighted by Crippen LogP contribution is 2.17. The molecule has 1 heterocycles. The molecule has 0 aliphatic heterocycles. The molecule has 0 radical (unpaired) electrons. The second-order valence-corrected chi connectivity index (χ2v) is 5.72. The van der Waals surface area contributed by atoms with Crippen LogP contribution in [0.1, 0.15) is 18.3 Å². The molecule has 1 N–H and O–H groups in total. The van der Waals surface area contributed by atoms with E-state index in [-0.39, 0.29) is 6.61 Å². The van der Waals surface area contributed by atoms with Gasteiger partial charge in [-0.25, -0.2) is 4.98 Å². The Labute approximate surface area is 136 Å². The zero-order chi connectivity index (χ0) is 16.2. The lowest BCUT2D eigenvalue weighted by molar-refractivity contribution is 0.0929. The second-order valence-electron chi connectivity index (χ2n) is 5.72. The highest BCUT2D eigenvalue weighted by atomic mass is 16.5. The van der Waals surface area contributed by atoms with Crippen molar-refractivity contribution in [2.45, 2.75) is 32.9 Å². The van der Waals surface area contributed by atoms with Gasteiger partial charge >= 0.3 is 0 Å². The molecule has 23 heavy (non-hydrogen) atoms. The summed E-state index contributed by atoms with van der Waals surface area (Å²) in [5.41, 5.74) is 3.22. The Kier molecular flexibility index (Phi) is 4.63. The predicted octanol–water partition coefficient (Wildman–Crippen LogP) is 3.35. The normalized spacial score (nSPS) is 12.5. The molecule has 0 bridgehead atoms. The molecule has 4 heteroatoms. The van der Waals surface area contributed by atoms with Gasteiger partial charge in [-0.1, -0.05) is 31.2 Å². The van der Waals surface area contributed by atoms with Gasteiger partial charge in [0.1, 0.15) is 24.3 Å². The molecule has 1 aromatic heterocycles. The molecule has 0 saturated carbocycles. The lowest BCUT2D eigenvalue weighted by Gasteiger charge is -2.15. The Morgan fingerprint density at radius 1 is 1.17 bits per heavy atom. The number of benzene rings is 2. The zero-order valence-electron chi connectivity index (χ0n) is 13.6. The van der Waals surface area contributed by atoms with Crippen molar-refractivity contribution < 1.29 is 9.84 Å². The van der Waals surface area contributed by atoms with Crippen LogP contribution >= 0.6 is 0 Å². The summed E-state index contributed by atoms with van der Waals surface area (Å²) in [5.74, 6) is 1.70. The summed E-state index contributed by atoms with van der Waals surface area (Å²) in [7, 11) is 0. The first-order chi connectivity index (χ1) is 11.2. The minimum Gasteiger partial charge on any atom is -0.491 e. The molecule has 2 aromatic carbocycles. The van der Waals surface area contributed by atoms with Crippen LogP contribution in [0.15, 0.2) is 48.5 Å². The minimum atomic E-state index is -0.586. The van der Waals surface area contributed by atoms with Gasteiger partial charge in [0, 0.05) is 0 Å². The largest absolute Gasteiger partial charge is 0.491 e. The molecule has 0 aliphatic rings. The van der Waals surface area contributed by atoms with E-state index in [1.807, 2.05) is 54.0 Å². The van der Waals surface area contributed by atoms with Gasteiger partial charge < -0.3 is 14.4 Å². The Balaban J connectivity index is 1.66. The highest BCUT2D eigenvalue weighted by Gasteiger charge is 2.12. The first kappa shape index (κ1) is 15.6. The maximum absolute atomic E-state index is 10.3. The van der Waals surface area contributed by atoms with Gasteiger partial charge in [0.25, 0.3) is 0 Å². The third kappa shape index (κ3) is 3.54. The lowest BCUT2D eigenvalue weighted by Crippen LogP contribution is -2.24. The molecular weight excluding hydrogens is 288 g/mol. The van der Waals surface area contributed by atoms with Crippen molar-refractivity contribution in [2.75, 3.05) is 6.61 Å². The number of aliphatic hydroxyl groups is 1. The van der Waals surface area contributed by atoms with Crippen molar-refractivity contribution in [1.29, 1.82) is 0 Å². The van der Waals surface area contributed by atoms with E-state index < -0.39 is 6.10 Å². The Morgan fingerprint density at radius 2 is 2.00 bits per heavy atom. The number of hydrogen-bond donors (Lipinski definition) is 1. The molecule has 1 atom stereocenters. The zero-order valence-corrected chi connectivity index (χ0v) is 13.6. The summed E-state index contributed by atoms with van der Waals surface area (Å²) < 4.78 is 7.76. The average Bonchev–Trinajstić information content (AvgIpc) is 2.89. The van der Waals surface area contributed by atoms with E-state index >= 15 is 0 Å². The summed E-state index contributed by atoms with van der Waals surface area (Å²) in [5, 5.41) is 10.3. The predicted molar refractivity (Wildman–Crippen MR) is 91.8 cm³/mol. The van der Waals surface area contributed by atoms with Gasteiger partial charge in [-0.2, -0.15) is 0 Å². The molecule has 1 unspecified atom stereocenters. The number of aliphatic hydroxyl groups excluding tert-OH is 1. The fourth-order valence-electron chi connectivity index (χ4n) is 2.74. The van der Waals surface area contributed by atoms with Gasteiger partial charge in [0.2, 0.25) is 0 Å². The van der Waals surface area contributed by atoms with Crippen molar-refractivity contribution in [1.82, 2.24) is 9.55 Å². The van der Waals surface area contributed by atoms with Crippen LogP contribution in [0.5, 0.6) is 5.75 Å². The molecule has 3 aromatic rings. The minimum absolute atomic E-state index is 0.263. The first-order valence-corrected chi connectivity index (χ1v) is 7.99. The van der Waals surface area contributed by atoms with E-state index in [0.717, 1.165) is 29.0 Å². The summed E-state index contributed by atoms with van der Waals surface area (Å²) in [6, 6.07) is 16.0. The SMILES string of the molecule is CCc1cccc(OCC(O)Cn2c(C)nc3ccccc32)c1. The van der Waals surface area contributed by atoms with Gasteiger partial charge in [-0.3, -0.25) is 0 Å². The molecule has 0 amide bonds. The fourth-order valence-corrected chi connectivity index (χ4v) is 2.74.